The molecule has 2 atom stereocenters. The molecule has 1 aliphatic rings. The minimum atomic E-state index is -0.909. The molecule has 0 bridgehead atoms. The second kappa shape index (κ2) is 13.6. The van der Waals surface area contributed by atoms with Crippen LogP contribution in [0.1, 0.15) is 74.8 Å². The summed E-state index contributed by atoms with van der Waals surface area (Å²) in [6.07, 6.45) is 2.23. The first-order valence-electron chi connectivity index (χ1n) is 14.5. The van der Waals surface area contributed by atoms with Crippen molar-refractivity contribution in [3.8, 4) is 11.1 Å². The maximum absolute atomic E-state index is 14.0. The van der Waals surface area contributed by atoms with Crippen molar-refractivity contribution in [1.82, 2.24) is 10.2 Å². The molecule has 0 spiro atoms. The van der Waals surface area contributed by atoms with E-state index in [-0.39, 0.29) is 24.9 Å². The molecule has 3 N–H and O–H groups in total. The normalized spacial score (nSPS) is 15.9. The zero-order valence-electron chi connectivity index (χ0n) is 24.7. The predicted molar refractivity (Wildman–Crippen MR) is 168 cm³/mol. The van der Waals surface area contributed by atoms with Crippen molar-refractivity contribution in [3.05, 3.63) is 94.0 Å². The number of aliphatic carboxylic acids is 1. The topological polar surface area (TPSA) is 102 Å². The quantitative estimate of drug-likeness (QED) is 0.196. The summed E-state index contributed by atoms with van der Waals surface area (Å²) in [5, 5.41) is 22.6. The Hall–Kier alpha value is -3.52. The molecule has 0 fully saturated rings. The van der Waals surface area contributed by atoms with Gasteiger partial charge in [-0.05, 0) is 67.1 Å². The minimum Gasteiger partial charge on any atom is -0.481 e. The van der Waals surface area contributed by atoms with Crippen LogP contribution in [0.3, 0.4) is 0 Å². The van der Waals surface area contributed by atoms with E-state index < -0.39 is 17.9 Å². The van der Waals surface area contributed by atoms with E-state index in [0.29, 0.717) is 17.2 Å². The van der Waals surface area contributed by atoms with Crippen molar-refractivity contribution in [2.45, 2.75) is 77.7 Å². The number of halogens is 1. The highest BCUT2D eigenvalue weighted by Crippen LogP contribution is 2.38. The first-order chi connectivity index (χ1) is 20.0. The molecule has 7 nitrogen and oxygen atoms in total. The largest absolute Gasteiger partial charge is 0.481 e. The van der Waals surface area contributed by atoms with Crippen LogP contribution in [0.5, 0.6) is 0 Å². The number of nitrogens with zero attached hydrogens (tertiary/aromatic N) is 2. The molecule has 3 aromatic carbocycles. The van der Waals surface area contributed by atoms with Crippen molar-refractivity contribution in [2.24, 2.45) is 4.99 Å². The van der Waals surface area contributed by atoms with E-state index in [0.717, 1.165) is 52.6 Å². The number of unbranched alkanes of at least 4 members (excludes halogenated alkanes) is 1. The third-order valence-corrected chi connectivity index (χ3v) is 7.80. The Labute approximate surface area is 253 Å². The number of carboxylic acid groups (broad SMARTS) is 1. The summed E-state index contributed by atoms with van der Waals surface area (Å²) in [6.45, 7) is 8.31. The van der Waals surface area contributed by atoms with Gasteiger partial charge in [0, 0.05) is 23.6 Å². The van der Waals surface area contributed by atoms with Crippen LogP contribution < -0.4 is 5.32 Å². The second-order valence-electron chi connectivity index (χ2n) is 11.4. The zero-order valence-corrected chi connectivity index (χ0v) is 25.5. The van der Waals surface area contributed by atoms with Gasteiger partial charge in [-0.15, -0.1) is 0 Å². The molecule has 0 saturated heterocycles. The molecule has 1 heterocycles. The van der Waals surface area contributed by atoms with Crippen molar-refractivity contribution in [3.63, 3.8) is 0 Å². The number of nitrogens with one attached hydrogen (secondary N) is 1. The third kappa shape index (κ3) is 7.65. The summed E-state index contributed by atoms with van der Waals surface area (Å²) >= 11 is 6.28. The lowest BCUT2D eigenvalue weighted by molar-refractivity contribution is -0.137. The highest BCUT2D eigenvalue weighted by Gasteiger charge is 2.44. The van der Waals surface area contributed by atoms with Gasteiger partial charge in [-0.3, -0.25) is 19.9 Å². The van der Waals surface area contributed by atoms with Crippen LogP contribution in [0.25, 0.3) is 11.1 Å². The Morgan fingerprint density at radius 1 is 1.02 bits per heavy atom. The first kappa shape index (κ1) is 31.4. The van der Waals surface area contributed by atoms with Crippen LogP contribution in [0, 0.1) is 6.92 Å². The number of hydrogen-bond acceptors (Lipinski definition) is 5. The maximum atomic E-state index is 14.0. The SMILES string of the molecule is CCCCC(c1ccc(CC(O)NCCC(=O)O)cc1)N1C(=O)C(c2ccc(-c3cc(C)cc(Cl)c3)cc2)=NC1(C)C. The number of rotatable bonds is 13. The number of hydrogen-bond donors (Lipinski definition) is 3. The van der Waals surface area contributed by atoms with Gasteiger partial charge in [0.1, 0.15) is 17.6 Å². The van der Waals surface area contributed by atoms with Crippen molar-refractivity contribution < 1.29 is 19.8 Å². The summed E-state index contributed by atoms with van der Waals surface area (Å²) in [5.41, 5.74) is 5.59. The van der Waals surface area contributed by atoms with E-state index in [1.165, 1.54) is 0 Å². The number of aliphatic hydroxyl groups is 1. The molecular formula is C34H40ClN3O4. The van der Waals surface area contributed by atoms with E-state index in [1.54, 1.807) is 0 Å². The van der Waals surface area contributed by atoms with Gasteiger partial charge >= 0.3 is 5.97 Å². The number of carbonyl (C=O) groups excluding carboxylic acids is 1. The first-order valence-corrected chi connectivity index (χ1v) is 14.9. The molecule has 3 aromatic rings. The molecule has 0 aliphatic carbocycles. The number of amides is 1. The van der Waals surface area contributed by atoms with Crippen LogP contribution in [-0.4, -0.2) is 51.1 Å². The Kier molecular flexibility index (Phi) is 10.2. The Balaban J connectivity index is 1.53. The number of benzene rings is 3. The number of carboxylic acids is 1. The van der Waals surface area contributed by atoms with Crippen molar-refractivity contribution in [2.75, 3.05) is 6.54 Å². The highest BCUT2D eigenvalue weighted by atomic mass is 35.5. The van der Waals surface area contributed by atoms with Crippen LogP contribution >= 0.6 is 11.6 Å². The molecule has 0 radical (unpaired) electrons. The molecule has 4 rings (SSSR count). The van der Waals surface area contributed by atoms with Gasteiger partial charge < -0.3 is 15.1 Å². The fourth-order valence-corrected chi connectivity index (χ4v) is 5.82. The molecule has 0 saturated carbocycles. The average Bonchev–Trinajstić information content (AvgIpc) is 3.17. The lowest BCUT2D eigenvalue weighted by Gasteiger charge is -2.37. The standard InChI is InChI=1S/C34H40ClN3O4/c1-5-6-7-29(25-10-8-23(9-11-25)20-30(39)36-17-16-31(40)41)38-33(42)32(37-34(38,3)4)26-14-12-24(13-15-26)27-18-22(2)19-28(35)21-27/h8-15,18-19,21,29-30,36,39H,5-7,16-17,20H2,1-4H3,(H,40,41). The summed E-state index contributed by atoms with van der Waals surface area (Å²) < 4.78 is 0. The van der Waals surface area contributed by atoms with Gasteiger partial charge in [-0.25, -0.2) is 0 Å². The summed E-state index contributed by atoms with van der Waals surface area (Å²) in [5.74, 6) is -0.997. The lowest BCUT2D eigenvalue weighted by Crippen LogP contribution is -2.45. The number of aliphatic imine (C=N–C) groups is 1. The van der Waals surface area contributed by atoms with Gasteiger partial charge in [0.05, 0.1) is 12.5 Å². The van der Waals surface area contributed by atoms with Crippen molar-refractivity contribution >= 4 is 29.2 Å². The Bertz CT molecular complexity index is 1410. The van der Waals surface area contributed by atoms with Crippen LogP contribution in [0.15, 0.2) is 71.7 Å². The fourth-order valence-electron chi connectivity index (χ4n) is 5.53. The van der Waals surface area contributed by atoms with Gasteiger partial charge in [0.2, 0.25) is 0 Å². The van der Waals surface area contributed by atoms with E-state index in [1.807, 2.05) is 86.3 Å². The molecule has 2 unspecified atom stereocenters. The Morgan fingerprint density at radius 2 is 1.69 bits per heavy atom. The van der Waals surface area contributed by atoms with Gasteiger partial charge in [-0.1, -0.05) is 86.0 Å². The zero-order chi connectivity index (χ0) is 30.4. The summed E-state index contributed by atoms with van der Waals surface area (Å²) in [7, 11) is 0. The molecule has 1 aliphatic heterocycles. The minimum absolute atomic E-state index is 0.0510. The number of aliphatic hydroxyl groups excluding tert-OH is 1. The summed E-state index contributed by atoms with van der Waals surface area (Å²) in [4.78, 5) is 31.5. The van der Waals surface area contributed by atoms with E-state index >= 15 is 0 Å². The van der Waals surface area contributed by atoms with E-state index in [2.05, 4.69) is 18.3 Å². The highest BCUT2D eigenvalue weighted by molar-refractivity contribution is 6.46. The van der Waals surface area contributed by atoms with Crippen LogP contribution in [-0.2, 0) is 16.0 Å². The van der Waals surface area contributed by atoms with E-state index in [9.17, 15) is 14.7 Å². The van der Waals surface area contributed by atoms with Crippen LogP contribution in [0.2, 0.25) is 5.02 Å². The number of aryl methyl sites for hydroxylation is 1. The lowest BCUT2D eigenvalue weighted by atomic mass is 9.95. The molecule has 8 heteroatoms. The molecule has 0 aromatic heterocycles. The maximum Gasteiger partial charge on any atom is 0.304 e. The van der Waals surface area contributed by atoms with Gasteiger partial charge in [0.25, 0.3) is 5.91 Å². The fraction of sp³-hybridized carbons (Fsp3) is 0.382. The summed E-state index contributed by atoms with van der Waals surface area (Å²) in [6, 6.07) is 21.7. The molecule has 222 valence electrons. The van der Waals surface area contributed by atoms with Gasteiger partial charge in [0.15, 0.2) is 0 Å². The van der Waals surface area contributed by atoms with Crippen LogP contribution in [0.4, 0.5) is 0 Å². The number of carbonyl (C=O) groups is 2. The Morgan fingerprint density at radius 3 is 2.31 bits per heavy atom. The van der Waals surface area contributed by atoms with E-state index in [4.69, 9.17) is 21.7 Å². The van der Waals surface area contributed by atoms with Crippen molar-refractivity contribution in [1.29, 1.82) is 0 Å². The molecule has 42 heavy (non-hydrogen) atoms. The average molecular weight is 590 g/mol. The predicted octanol–water partition coefficient (Wildman–Crippen LogP) is 6.54. The smallest absolute Gasteiger partial charge is 0.304 e. The van der Waals surface area contributed by atoms with Gasteiger partial charge in [-0.2, -0.15) is 0 Å². The monoisotopic (exact) mass is 589 g/mol. The molecular weight excluding hydrogens is 550 g/mol. The third-order valence-electron chi connectivity index (χ3n) is 7.59. The second-order valence-corrected chi connectivity index (χ2v) is 11.9. The molecule has 1 amide bonds.